The number of pyridine rings is 1. The Labute approximate surface area is 180 Å². The van der Waals surface area contributed by atoms with Crippen LogP contribution in [0.4, 0.5) is 5.82 Å². The van der Waals surface area contributed by atoms with E-state index in [1.54, 1.807) is 48.5 Å². The Balaban J connectivity index is 2.01. The van der Waals surface area contributed by atoms with E-state index in [4.69, 9.17) is 39.0 Å². The van der Waals surface area contributed by atoms with Gasteiger partial charge in [0.1, 0.15) is 12.9 Å². The first-order valence-corrected chi connectivity index (χ1v) is 9.43. The lowest BCUT2D eigenvalue weighted by Gasteiger charge is -2.14. The summed E-state index contributed by atoms with van der Waals surface area (Å²) >= 11 is 12.6. The lowest BCUT2D eigenvalue weighted by atomic mass is 10.1. The molecule has 0 amide bonds. The van der Waals surface area contributed by atoms with E-state index < -0.39 is 5.56 Å². The standard InChI is InChI=1S/C21H13Cl2N5O2/c1-30-28-20-14(9-13(21(28)29)17-15(22)3-2-4-16(17)23)18(25)26-19(27-20)12-7-5-11(10-24)6-8-12/h2-9H,1H3,(H2,25,26,27). The molecule has 2 heterocycles. The SMILES string of the molecule is COn1c(=O)c(-c2c(Cl)cccc2Cl)cc2c(N)nc(-c3ccc(C#N)cc3)nc21. The van der Waals surface area contributed by atoms with Crippen LogP contribution in [-0.2, 0) is 0 Å². The quantitative estimate of drug-likeness (QED) is 0.519. The van der Waals surface area contributed by atoms with E-state index in [0.717, 1.165) is 4.73 Å². The molecule has 30 heavy (non-hydrogen) atoms. The molecule has 0 spiro atoms. The van der Waals surface area contributed by atoms with E-state index in [-0.39, 0.29) is 17.0 Å². The van der Waals surface area contributed by atoms with Crippen LogP contribution in [0, 0.1) is 11.3 Å². The fourth-order valence-electron chi connectivity index (χ4n) is 3.11. The van der Waals surface area contributed by atoms with E-state index in [0.29, 0.717) is 37.9 Å². The molecule has 2 N–H and O–H groups in total. The van der Waals surface area contributed by atoms with Crippen molar-refractivity contribution in [3.05, 3.63) is 74.5 Å². The molecule has 4 aromatic rings. The molecule has 0 aliphatic heterocycles. The Morgan fingerprint density at radius 3 is 2.37 bits per heavy atom. The van der Waals surface area contributed by atoms with Crippen LogP contribution in [-0.4, -0.2) is 21.8 Å². The van der Waals surface area contributed by atoms with Crippen LogP contribution in [0.1, 0.15) is 5.56 Å². The van der Waals surface area contributed by atoms with Crippen LogP contribution < -0.4 is 16.1 Å². The van der Waals surface area contributed by atoms with Crippen molar-refractivity contribution in [2.45, 2.75) is 0 Å². The lowest BCUT2D eigenvalue weighted by Crippen LogP contribution is -2.27. The van der Waals surface area contributed by atoms with E-state index in [1.807, 2.05) is 0 Å². The van der Waals surface area contributed by atoms with Crippen molar-refractivity contribution in [1.82, 2.24) is 14.7 Å². The molecule has 7 nitrogen and oxygen atoms in total. The highest BCUT2D eigenvalue weighted by Crippen LogP contribution is 2.34. The number of aromatic nitrogens is 3. The number of rotatable bonds is 3. The molecule has 0 atom stereocenters. The number of nitriles is 1. The minimum absolute atomic E-state index is 0.148. The van der Waals surface area contributed by atoms with Crippen molar-refractivity contribution in [2.24, 2.45) is 0 Å². The number of fused-ring (bicyclic) bond motifs is 1. The molecule has 0 fully saturated rings. The summed E-state index contributed by atoms with van der Waals surface area (Å²) in [7, 11) is 1.35. The summed E-state index contributed by atoms with van der Waals surface area (Å²) in [6.07, 6.45) is 0. The van der Waals surface area contributed by atoms with Crippen LogP contribution in [0.5, 0.6) is 0 Å². The van der Waals surface area contributed by atoms with Crippen LogP contribution in [0.3, 0.4) is 0 Å². The Kier molecular flexibility index (Phi) is 5.04. The molecule has 2 aromatic carbocycles. The number of nitrogen functional groups attached to an aromatic ring is 1. The number of halogens is 2. The Hall–Kier alpha value is -3.60. The minimum atomic E-state index is -0.496. The Bertz CT molecular complexity index is 1370. The second-order valence-corrected chi connectivity index (χ2v) is 7.11. The van der Waals surface area contributed by atoms with Crippen molar-refractivity contribution in [3.8, 4) is 28.6 Å². The van der Waals surface area contributed by atoms with Crippen LogP contribution in [0.25, 0.3) is 33.5 Å². The highest BCUT2D eigenvalue weighted by Gasteiger charge is 2.20. The molecule has 0 aliphatic carbocycles. The van der Waals surface area contributed by atoms with Gasteiger partial charge in [-0.05, 0) is 42.5 Å². The Morgan fingerprint density at radius 2 is 1.77 bits per heavy atom. The van der Waals surface area contributed by atoms with Crippen molar-refractivity contribution in [3.63, 3.8) is 0 Å². The number of anilines is 1. The predicted octanol–water partition coefficient (Wildman–Crippen LogP) is 3.94. The third-order valence-corrected chi connectivity index (χ3v) is 5.17. The van der Waals surface area contributed by atoms with Gasteiger partial charge in [-0.15, -0.1) is 4.73 Å². The molecule has 0 aliphatic rings. The van der Waals surface area contributed by atoms with Gasteiger partial charge in [-0.1, -0.05) is 29.3 Å². The average Bonchev–Trinajstić information content (AvgIpc) is 2.74. The molecule has 0 bridgehead atoms. The predicted molar refractivity (Wildman–Crippen MR) is 116 cm³/mol. The van der Waals surface area contributed by atoms with Crippen LogP contribution in [0.15, 0.2) is 53.3 Å². The molecule has 0 radical (unpaired) electrons. The van der Waals surface area contributed by atoms with Gasteiger partial charge < -0.3 is 10.6 Å². The zero-order valence-electron chi connectivity index (χ0n) is 15.6. The highest BCUT2D eigenvalue weighted by molar-refractivity contribution is 6.39. The third kappa shape index (κ3) is 3.22. The first-order valence-electron chi connectivity index (χ1n) is 8.67. The van der Waals surface area contributed by atoms with Gasteiger partial charge in [0.05, 0.1) is 32.6 Å². The summed E-state index contributed by atoms with van der Waals surface area (Å²) in [6.45, 7) is 0. The summed E-state index contributed by atoms with van der Waals surface area (Å²) in [5.74, 6) is 0.438. The maximum absolute atomic E-state index is 13.1. The summed E-state index contributed by atoms with van der Waals surface area (Å²) in [5.41, 5.74) is 7.62. The normalized spacial score (nSPS) is 10.7. The second kappa shape index (κ2) is 7.67. The van der Waals surface area contributed by atoms with Gasteiger partial charge in [-0.3, -0.25) is 4.79 Å². The van der Waals surface area contributed by atoms with Crippen molar-refractivity contribution in [1.29, 1.82) is 5.26 Å². The Morgan fingerprint density at radius 1 is 1.10 bits per heavy atom. The number of nitrogens with two attached hydrogens (primary N) is 1. The zero-order valence-corrected chi connectivity index (χ0v) is 17.1. The number of nitrogens with zero attached hydrogens (tertiary/aromatic N) is 4. The number of hydrogen-bond acceptors (Lipinski definition) is 6. The maximum Gasteiger partial charge on any atom is 0.293 e. The van der Waals surface area contributed by atoms with Gasteiger partial charge in [-0.25, -0.2) is 9.97 Å². The minimum Gasteiger partial charge on any atom is -0.412 e. The topological polar surface area (TPSA) is 107 Å². The number of hydrogen-bond donors (Lipinski definition) is 1. The van der Waals surface area contributed by atoms with E-state index >= 15 is 0 Å². The van der Waals surface area contributed by atoms with Gasteiger partial charge in [0.25, 0.3) is 5.56 Å². The molecular formula is C21H13Cl2N5O2. The fourth-order valence-corrected chi connectivity index (χ4v) is 3.71. The zero-order chi connectivity index (χ0) is 21.4. The van der Waals surface area contributed by atoms with Crippen LogP contribution in [0.2, 0.25) is 10.0 Å². The average molecular weight is 438 g/mol. The van der Waals surface area contributed by atoms with E-state index in [9.17, 15) is 4.79 Å². The van der Waals surface area contributed by atoms with E-state index in [1.165, 1.54) is 7.11 Å². The molecule has 0 saturated heterocycles. The molecule has 9 heteroatoms. The van der Waals surface area contributed by atoms with Crippen molar-refractivity contribution < 1.29 is 4.84 Å². The number of benzene rings is 2. The van der Waals surface area contributed by atoms with Gasteiger partial charge in [-0.2, -0.15) is 5.26 Å². The maximum atomic E-state index is 13.1. The van der Waals surface area contributed by atoms with Gasteiger partial charge >= 0.3 is 0 Å². The van der Waals surface area contributed by atoms with E-state index in [2.05, 4.69) is 16.0 Å². The second-order valence-electron chi connectivity index (χ2n) is 6.30. The smallest absolute Gasteiger partial charge is 0.293 e. The van der Waals surface area contributed by atoms with Crippen LogP contribution >= 0.6 is 23.2 Å². The molecule has 0 unspecified atom stereocenters. The first kappa shape index (κ1) is 19.7. The summed E-state index contributed by atoms with van der Waals surface area (Å²) in [5, 5.41) is 10.0. The fraction of sp³-hybridized carbons (Fsp3) is 0.0476. The monoisotopic (exact) mass is 437 g/mol. The molecule has 4 rings (SSSR count). The van der Waals surface area contributed by atoms with Gasteiger partial charge in [0.15, 0.2) is 11.5 Å². The summed E-state index contributed by atoms with van der Waals surface area (Å²) in [4.78, 5) is 27.3. The van der Waals surface area contributed by atoms with Crippen molar-refractivity contribution >= 4 is 40.1 Å². The largest absolute Gasteiger partial charge is 0.412 e. The molecular weight excluding hydrogens is 425 g/mol. The summed E-state index contributed by atoms with van der Waals surface area (Å²) in [6, 6.07) is 15.3. The summed E-state index contributed by atoms with van der Waals surface area (Å²) < 4.78 is 1.02. The van der Waals surface area contributed by atoms with Gasteiger partial charge in [0, 0.05) is 11.1 Å². The highest BCUT2D eigenvalue weighted by atomic mass is 35.5. The molecule has 0 saturated carbocycles. The van der Waals surface area contributed by atoms with Gasteiger partial charge in [0.2, 0.25) is 0 Å². The molecule has 148 valence electrons. The third-order valence-electron chi connectivity index (χ3n) is 4.54. The first-order chi connectivity index (χ1) is 14.4. The lowest BCUT2D eigenvalue weighted by molar-refractivity contribution is 0.168. The van der Waals surface area contributed by atoms with Crippen molar-refractivity contribution in [2.75, 3.05) is 12.8 Å². The molecule has 2 aromatic heterocycles.